The topological polar surface area (TPSA) is 90.4 Å². The highest BCUT2D eigenvalue weighted by Gasteiger charge is 2.15. The Morgan fingerprint density at radius 2 is 2.28 bits per heavy atom. The number of nitrogens with one attached hydrogen (secondary N) is 1. The molecule has 1 aromatic rings. The summed E-state index contributed by atoms with van der Waals surface area (Å²) in [5.74, 6) is -0.335. The van der Waals surface area contributed by atoms with Gasteiger partial charge >= 0.3 is 5.69 Å². The largest absolute Gasteiger partial charge is 0.457 e. The molecule has 1 atom stereocenters. The molecule has 0 amide bonds. The van der Waals surface area contributed by atoms with Crippen LogP contribution in [0, 0.1) is 15.9 Å². The number of benzene rings is 1. The number of nitrogens with two attached hydrogens (primary N) is 1. The number of ether oxygens (including phenoxy) is 1. The van der Waals surface area contributed by atoms with Crippen LogP contribution in [0.4, 0.5) is 10.1 Å². The van der Waals surface area contributed by atoms with Crippen molar-refractivity contribution in [3.63, 3.8) is 0 Å². The molecular formula is C11H10FN3O3. The maximum atomic E-state index is 13.3. The summed E-state index contributed by atoms with van der Waals surface area (Å²) < 4.78 is 18.7. The van der Waals surface area contributed by atoms with Gasteiger partial charge in [0.2, 0.25) is 5.82 Å². The van der Waals surface area contributed by atoms with Crippen molar-refractivity contribution in [2.45, 2.75) is 6.17 Å². The first kappa shape index (κ1) is 12.1. The van der Waals surface area contributed by atoms with Crippen LogP contribution in [0.1, 0.15) is 0 Å². The molecule has 0 radical (unpaired) electrons. The van der Waals surface area contributed by atoms with Gasteiger partial charge in [-0.05, 0) is 18.2 Å². The number of nitrogens with zero attached hydrogens (tertiary/aromatic N) is 1. The maximum absolute atomic E-state index is 13.3. The van der Waals surface area contributed by atoms with Crippen LogP contribution in [0.2, 0.25) is 0 Å². The van der Waals surface area contributed by atoms with Gasteiger partial charge in [0.1, 0.15) is 11.5 Å². The summed E-state index contributed by atoms with van der Waals surface area (Å²) in [4.78, 5) is 9.65. The first-order chi connectivity index (χ1) is 8.56. The first-order valence-corrected chi connectivity index (χ1v) is 5.08. The summed E-state index contributed by atoms with van der Waals surface area (Å²) in [6.45, 7) is 0. The van der Waals surface area contributed by atoms with Gasteiger partial charge in [-0.2, -0.15) is 4.39 Å². The number of nitro groups is 1. The number of nitro benzene ring substituents is 1. The molecule has 1 aliphatic heterocycles. The minimum absolute atomic E-state index is 0.170. The van der Waals surface area contributed by atoms with E-state index in [4.69, 9.17) is 10.5 Å². The summed E-state index contributed by atoms with van der Waals surface area (Å²) >= 11 is 0. The fourth-order valence-electron chi connectivity index (χ4n) is 1.43. The van der Waals surface area contributed by atoms with E-state index in [1.807, 2.05) is 0 Å². The van der Waals surface area contributed by atoms with E-state index in [0.717, 1.165) is 12.1 Å². The van der Waals surface area contributed by atoms with Crippen LogP contribution in [0.5, 0.6) is 5.75 Å². The fourth-order valence-corrected chi connectivity index (χ4v) is 1.43. The number of hydrogen-bond acceptors (Lipinski definition) is 5. The van der Waals surface area contributed by atoms with Gasteiger partial charge in [0.25, 0.3) is 0 Å². The molecule has 6 nitrogen and oxygen atoms in total. The van der Waals surface area contributed by atoms with E-state index in [9.17, 15) is 14.5 Å². The second kappa shape index (κ2) is 4.84. The molecule has 0 aromatic heterocycles. The Morgan fingerprint density at radius 1 is 1.50 bits per heavy atom. The molecule has 0 saturated carbocycles. The third-order valence-electron chi connectivity index (χ3n) is 2.23. The average Bonchev–Trinajstić information content (AvgIpc) is 2.28. The molecule has 7 heteroatoms. The average molecular weight is 251 g/mol. The zero-order valence-electron chi connectivity index (χ0n) is 9.17. The minimum atomic E-state index is -0.944. The van der Waals surface area contributed by atoms with Gasteiger partial charge < -0.3 is 15.8 Å². The van der Waals surface area contributed by atoms with Crippen LogP contribution in [0.15, 0.2) is 42.3 Å². The molecule has 0 aliphatic carbocycles. The van der Waals surface area contributed by atoms with E-state index in [1.54, 1.807) is 18.4 Å². The van der Waals surface area contributed by atoms with Gasteiger partial charge in [0.05, 0.1) is 11.1 Å². The lowest BCUT2D eigenvalue weighted by atomic mass is 10.3. The van der Waals surface area contributed by atoms with Crippen LogP contribution in [-0.4, -0.2) is 11.1 Å². The maximum Gasteiger partial charge on any atom is 0.305 e. The molecule has 1 aromatic carbocycles. The quantitative estimate of drug-likeness (QED) is 0.626. The van der Waals surface area contributed by atoms with Crippen molar-refractivity contribution in [3.8, 4) is 5.75 Å². The lowest BCUT2D eigenvalue weighted by molar-refractivity contribution is -0.387. The molecule has 1 unspecified atom stereocenters. The number of dihydropyridines is 1. The predicted octanol–water partition coefficient (Wildman–Crippen LogP) is 1.40. The van der Waals surface area contributed by atoms with E-state index in [0.29, 0.717) is 5.76 Å². The predicted molar refractivity (Wildman–Crippen MR) is 62.0 cm³/mol. The molecule has 0 fully saturated rings. The molecule has 1 aliphatic rings. The van der Waals surface area contributed by atoms with Crippen LogP contribution < -0.4 is 15.8 Å². The summed E-state index contributed by atoms with van der Waals surface area (Å²) in [6, 6.07) is 3.33. The lowest BCUT2D eigenvalue weighted by Gasteiger charge is -2.15. The molecule has 3 N–H and O–H groups in total. The summed E-state index contributed by atoms with van der Waals surface area (Å²) in [5.41, 5.74) is 5.00. The van der Waals surface area contributed by atoms with Gasteiger partial charge in [0, 0.05) is 18.3 Å². The van der Waals surface area contributed by atoms with Crippen LogP contribution in [0.3, 0.4) is 0 Å². The molecule has 0 bridgehead atoms. The highest BCUT2D eigenvalue weighted by molar-refractivity contribution is 5.39. The van der Waals surface area contributed by atoms with Crippen molar-refractivity contribution in [3.05, 3.63) is 58.2 Å². The van der Waals surface area contributed by atoms with Crippen molar-refractivity contribution >= 4 is 5.69 Å². The van der Waals surface area contributed by atoms with E-state index >= 15 is 0 Å². The summed E-state index contributed by atoms with van der Waals surface area (Å²) in [7, 11) is 0. The van der Waals surface area contributed by atoms with Crippen LogP contribution in [-0.2, 0) is 0 Å². The van der Waals surface area contributed by atoms with E-state index in [-0.39, 0.29) is 11.9 Å². The molecule has 18 heavy (non-hydrogen) atoms. The Bertz CT molecular complexity index is 542. The zero-order chi connectivity index (χ0) is 13.1. The number of allylic oxidation sites excluding steroid dienone is 1. The smallest absolute Gasteiger partial charge is 0.305 e. The number of rotatable bonds is 3. The fraction of sp³-hybridized carbons (Fsp3) is 0.0909. The highest BCUT2D eigenvalue weighted by atomic mass is 19.1. The number of halogens is 1. The first-order valence-electron chi connectivity index (χ1n) is 5.08. The number of hydrogen-bond donors (Lipinski definition) is 2. The van der Waals surface area contributed by atoms with Crippen LogP contribution >= 0.6 is 0 Å². The third-order valence-corrected chi connectivity index (χ3v) is 2.23. The zero-order valence-corrected chi connectivity index (χ0v) is 9.17. The lowest BCUT2D eigenvalue weighted by Crippen LogP contribution is -2.33. The summed E-state index contributed by atoms with van der Waals surface area (Å²) in [5, 5.41) is 13.3. The molecule has 0 saturated heterocycles. The Morgan fingerprint density at radius 3 is 2.89 bits per heavy atom. The second-order valence-corrected chi connectivity index (χ2v) is 3.57. The second-order valence-electron chi connectivity index (χ2n) is 3.57. The van der Waals surface area contributed by atoms with E-state index < -0.39 is 16.4 Å². The van der Waals surface area contributed by atoms with Gasteiger partial charge in [-0.15, -0.1) is 0 Å². The van der Waals surface area contributed by atoms with Crippen LogP contribution in [0.25, 0.3) is 0 Å². The normalized spacial score (nSPS) is 17.9. The van der Waals surface area contributed by atoms with Gasteiger partial charge in [-0.1, -0.05) is 0 Å². The van der Waals surface area contributed by atoms with E-state index in [2.05, 4.69) is 5.32 Å². The standard InChI is InChI=1S/C11H10FN3O3/c12-9-5-7(1-2-10(9)15(16)17)18-8-3-4-14-11(13)6-8/h1-6,11,14H,13H2. The molecule has 1 heterocycles. The van der Waals surface area contributed by atoms with Gasteiger partial charge in [0.15, 0.2) is 0 Å². The molecule has 94 valence electrons. The SMILES string of the molecule is NC1C=C(Oc2ccc([N+](=O)[O-])c(F)c2)C=CN1. The third kappa shape index (κ3) is 2.64. The minimum Gasteiger partial charge on any atom is -0.457 e. The Kier molecular flexibility index (Phi) is 3.24. The monoisotopic (exact) mass is 251 g/mol. The molecule has 2 rings (SSSR count). The van der Waals surface area contributed by atoms with Crippen molar-refractivity contribution in [2.24, 2.45) is 5.73 Å². The van der Waals surface area contributed by atoms with Crippen molar-refractivity contribution in [1.29, 1.82) is 0 Å². The Labute approximate surface area is 102 Å². The Hall–Kier alpha value is -2.41. The van der Waals surface area contributed by atoms with E-state index in [1.165, 1.54) is 6.07 Å². The highest BCUT2D eigenvalue weighted by Crippen LogP contribution is 2.24. The van der Waals surface area contributed by atoms with Gasteiger partial charge in [-0.25, -0.2) is 0 Å². The molecule has 0 spiro atoms. The van der Waals surface area contributed by atoms with Crippen molar-refractivity contribution < 1.29 is 14.1 Å². The summed E-state index contributed by atoms with van der Waals surface area (Å²) in [6.07, 6.45) is 4.43. The van der Waals surface area contributed by atoms with Crippen molar-refractivity contribution in [2.75, 3.05) is 0 Å². The van der Waals surface area contributed by atoms with Crippen molar-refractivity contribution in [1.82, 2.24) is 5.32 Å². The van der Waals surface area contributed by atoms with Gasteiger partial charge in [-0.3, -0.25) is 10.1 Å². The molecular weight excluding hydrogens is 241 g/mol. The Balaban J connectivity index is 2.18.